The molecule has 1 aromatic heterocycles. The van der Waals surface area contributed by atoms with Crippen molar-refractivity contribution in [3.63, 3.8) is 0 Å². The van der Waals surface area contributed by atoms with E-state index in [4.69, 9.17) is 19.9 Å². The second-order valence-corrected chi connectivity index (χ2v) is 4.39. The monoisotopic (exact) mass is 276 g/mol. The Labute approximate surface area is 118 Å². The first kappa shape index (κ1) is 14.6. The molecule has 0 atom stereocenters. The standard InChI is InChI=1S/C15H20N2O3/c1-18-9-10-19-7-2-8-20-15-5-6-17-14-11-12(16)3-4-13(14)15/h3-6,11H,2,7-10,16H2,1H3. The molecule has 0 aliphatic carbocycles. The molecule has 0 saturated carbocycles. The molecule has 0 unspecified atom stereocenters. The van der Waals surface area contributed by atoms with Crippen molar-refractivity contribution in [1.82, 2.24) is 4.98 Å². The highest BCUT2D eigenvalue weighted by atomic mass is 16.5. The van der Waals surface area contributed by atoms with Crippen LogP contribution in [0.4, 0.5) is 5.69 Å². The first-order valence-electron chi connectivity index (χ1n) is 6.65. The lowest BCUT2D eigenvalue weighted by atomic mass is 10.2. The summed E-state index contributed by atoms with van der Waals surface area (Å²) in [6, 6.07) is 7.49. The van der Waals surface area contributed by atoms with Gasteiger partial charge in [-0.3, -0.25) is 4.98 Å². The maximum absolute atomic E-state index is 5.77. The van der Waals surface area contributed by atoms with E-state index < -0.39 is 0 Å². The first-order valence-corrected chi connectivity index (χ1v) is 6.65. The van der Waals surface area contributed by atoms with Crippen LogP contribution in [0.15, 0.2) is 30.5 Å². The number of nitrogens with zero attached hydrogens (tertiary/aromatic N) is 1. The third-order valence-electron chi connectivity index (χ3n) is 2.85. The quantitative estimate of drug-likeness (QED) is 0.591. The van der Waals surface area contributed by atoms with Gasteiger partial charge >= 0.3 is 0 Å². The van der Waals surface area contributed by atoms with Gasteiger partial charge in [0.25, 0.3) is 0 Å². The van der Waals surface area contributed by atoms with Crippen LogP contribution in [0.5, 0.6) is 5.75 Å². The number of aromatic nitrogens is 1. The molecular formula is C15H20N2O3. The van der Waals surface area contributed by atoms with Crippen molar-refractivity contribution in [3.05, 3.63) is 30.5 Å². The Morgan fingerprint density at radius 3 is 2.85 bits per heavy atom. The van der Waals surface area contributed by atoms with E-state index in [1.807, 2.05) is 24.3 Å². The smallest absolute Gasteiger partial charge is 0.130 e. The molecule has 1 aromatic carbocycles. The van der Waals surface area contributed by atoms with Crippen LogP contribution >= 0.6 is 0 Å². The molecule has 1 heterocycles. The zero-order chi connectivity index (χ0) is 14.2. The van der Waals surface area contributed by atoms with E-state index in [1.165, 1.54) is 0 Å². The Bertz CT molecular complexity index is 546. The summed E-state index contributed by atoms with van der Waals surface area (Å²) < 4.78 is 16.1. The summed E-state index contributed by atoms with van der Waals surface area (Å²) in [5.41, 5.74) is 7.29. The van der Waals surface area contributed by atoms with Crippen LogP contribution in [-0.4, -0.2) is 38.5 Å². The number of rotatable bonds is 8. The molecule has 2 rings (SSSR count). The highest BCUT2D eigenvalue weighted by Crippen LogP contribution is 2.25. The average Bonchev–Trinajstić information content (AvgIpc) is 2.46. The number of nitrogen functional groups attached to an aromatic ring is 1. The van der Waals surface area contributed by atoms with Crippen molar-refractivity contribution in [2.24, 2.45) is 0 Å². The van der Waals surface area contributed by atoms with E-state index in [0.717, 1.165) is 23.1 Å². The predicted molar refractivity (Wildman–Crippen MR) is 79.0 cm³/mol. The van der Waals surface area contributed by atoms with Crippen LogP contribution in [0.25, 0.3) is 10.9 Å². The summed E-state index contributed by atoms with van der Waals surface area (Å²) in [4.78, 5) is 4.28. The number of pyridine rings is 1. The molecule has 0 amide bonds. The van der Waals surface area contributed by atoms with Crippen molar-refractivity contribution in [3.8, 4) is 5.75 Å². The molecule has 0 fully saturated rings. The number of benzene rings is 1. The molecule has 0 bridgehead atoms. The fourth-order valence-electron chi connectivity index (χ4n) is 1.85. The largest absolute Gasteiger partial charge is 0.493 e. The van der Waals surface area contributed by atoms with Gasteiger partial charge in [0.2, 0.25) is 0 Å². The van der Waals surface area contributed by atoms with Crippen molar-refractivity contribution in [1.29, 1.82) is 0 Å². The molecule has 2 N–H and O–H groups in total. The summed E-state index contributed by atoms with van der Waals surface area (Å²) in [6.45, 7) is 2.51. The van der Waals surface area contributed by atoms with E-state index in [2.05, 4.69) is 4.98 Å². The van der Waals surface area contributed by atoms with Crippen LogP contribution in [0.2, 0.25) is 0 Å². The number of hydrogen-bond acceptors (Lipinski definition) is 5. The zero-order valence-electron chi connectivity index (χ0n) is 11.7. The predicted octanol–water partition coefficient (Wildman–Crippen LogP) is 2.25. The molecule has 20 heavy (non-hydrogen) atoms. The third-order valence-corrected chi connectivity index (χ3v) is 2.85. The Hall–Kier alpha value is -1.85. The van der Waals surface area contributed by atoms with Crippen LogP contribution in [-0.2, 0) is 9.47 Å². The lowest BCUT2D eigenvalue weighted by Crippen LogP contribution is -2.07. The van der Waals surface area contributed by atoms with Gasteiger partial charge in [-0.15, -0.1) is 0 Å². The second-order valence-electron chi connectivity index (χ2n) is 4.39. The third kappa shape index (κ3) is 4.08. The molecule has 2 aromatic rings. The molecule has 5 heteroatoms. The molecule has 5 nitrogen and oxygen atoms in total. The molecule has 0 aliphatic heterocycles. The van der Waals surface area contributed by atoms with Crippen molar-refractivity contribution < 1.29 is 14.2 Å². The molecule has 0 saturated heterocycles. The number of methoxy groups -OCH3 is 1. The van der Waals surface area contributed by atoms with Crippen molar-refractivity contribution >= 4 is 16.6 Å². The van der Waals surface area contributed by atoms with Crippen LogP contribution in [0.1, 0.15) is 6.42 Å². The van der Waals surface area contributed by atoms with E-state index in [-0.39, 0.29) is 0 Å². The van der Waals surface area contributed by atoms with Gasteiger partial charge in [-0.2, -0.15) is 0 Å². The van der Waals surface area contributed by atoms with Crippen molar-refractivity contribution in [2.45, 2.75) is 6.42 Å². The lowest BCUT2D eigenvalue weighted by molar-refractivity contribution is 0.0645. The van der Waals surface area contributed by atoms with Gasteiger partial charge in [0, 0.05) is 37.4 Å². The first-order chi connectivity index (χ1) is 9.81. The summed E-state index contributed by atoms with van der Waals surface area (Å²) >= 11 is 0. The minimum absolute atomic E-state index is 0.608. The molecule has 108 valence electrons. The number of ether oxygens (including phenoxy) is 3. The normalized spacial score (nSPS) is 10.8. The zero-order valence-corrected chi connectivity index (χ0v) is 11.7. The van der Waals surface area contributed by atoms with Gasteiger partial charge in [0.1, 0.15) is 5.75 Å². The van der Waals surface area contributed by atoms with Gasteiger partial charge < -0.3 is 19.9 Å². The molecule has 0 aliphatic rings. The van der Waals surface area contributed by atoms with Crippen LogP contribution < -0.4 is 10.5 Å². The van der Waals surface area contributed by atoms with Crippen molar-refractivity contribution in [2.75, 3.05) is 39.3 Å². The maximum Gasteiger partial charge on any atom is 0.130 e. The van der Waals surface area contributed by atoms with Gasteiger partial charge in [-0.05, 0) is 24.3 Å². The van der Waals surface area contributed by atoms with E-state index in [9.17, 15) is 0 Å². The highest BCUT2D eigenvalue weighted by Gasteiger charge is 2.03. The fraction of sp³-hybridized carbons (Fsp3) is 0.400. The van der Waals surface area contributed by atoms with E-state index in [1.54, 1.807) is 13.3 Å². The lowest BCUT2D eigenvalue weighted by Gasteiger charge is -2.09. The Balaban J connectivity index is 1.84. The molecular weight excluding hydrogens is 256 g/mol. The van der Waals surface area contributed by atoms with Crippen LogP contribution in [0, 0.1) is 0 Å². The highest BCUT2D eigenvalue weighted by molar-refractivity contribution is 5.87. The number of nitrogens with two attached hydrogens (primary N) is 1. The average molecular weight is 276 g/mol. The Morgan fingerprint density at radius 1 is 1.10 bits per heavy atom. The van der Waals surface area contributed by atoms with E-state index in [0.29, 0.717) is 32.1 Å². The molecule has 0 radical (unpaired) electrons. The van der Waals surface area contributed by atoms with Gasteiger partial charge in [0.15, 0.2) is 0 Å². The summed E-state index contributed by atoms with van der Waals surface area (Å²) in [5, 5.41) is 0.974. The maximum atomic E-state index is 5.77. The molecule has 0 spiro atoms. The SMILES string of the molecule is COCCOCCCOc1ccnc2cc(N)ccc12. The minimum Gasteiger partial charge on any atom is -0.493 e. The van der Waals surface area contributed by atoms with Gasteiger partial charge in [-0.1, -0.05) is 0 Å². The fourth-order valence-corrected chi connectivity index (χ4v) is 1.85. The Kier molecular flexibility index (Phi) is 5.58. The summed E-state index contributed by atoms with van der Waals surface area (Å²) in [6.07, 6.45) is 2.56. The number of fused-ring (bicyclic) bond motifs is 1. The van der Waals surface area contributed by atoms with Gasteiger partial charge in [-0.25, -0.2) is 0 Å². The second kappa shape index (κ2) is 7.67. The Morgan fingerprint density at radius 2 is 2.00 bits per heavy atom. The minimum atomic E-state index is 0.608. The number of anilines is 1. The van der Waals surface area contributed by atoms with Crippen LogP contribution in [0.3, 0.4) is 0 Å². The summed E-state index contributed by atoms with van der Waals surface area (Å²) in [5.74, 6) is 0.826. The topological polar surface area (TPSA) is 66.6 Å². The summed E-state index contributed by atoms with van der Waals surface area (Å²) in [7, 11) is 1.66. The van der Waals surface area contributed by atoms with Gasteiger partial charge in [0.05, 0.1) is 25.3 Å². The van der Waals surface area contributed by atoms with E-state index >= 15 is 0 Å². The number of hydrogen-bond donors (Lipinski definition) is 1.